The van der Waals surface area contributed by atoms with Gasteiger partial charge in [-0.1, -0.05) is 23.9 Å². The molecule has 8 heteroatoms. The van der Waals surface area contributed by atoms with E-state index < -0.39 is 11.0 Å². The van der Waals surface area contributed by atoms with Crippen LogP contribution in [0.5, 0.6) is 0 Å². The number of rotatable bonds is 7. The molecule has 0 bridgehead atoms. The van der Waals surface area contributed by atoms with Crippen LogP contribution >= 0.6 is 11.8 Å². The highest BCUT2D eigenvalue weighted by Gasteiger charge is 2.16. The summed E-state index contributed by atoms with van der Waals surface area (Å²) in [4.78, 5) is 31.3. The zero-order valence-electron chi connectivity index (χ0n) is 15.2. The van der Waals surface area contributed by atoms with E-state index in [1.54, 1.807) is 19.1 Å². The molecule has 0 saturated carbocycles. The molecule has 2 rings (SSSR count). The van der Waals surface area contributed by atoms with Crippen molar-refractivity contribution in [2.24, 2.45) is 0 Å². The Bertz CT molecular complexity index is 803. The number of aryl methyl sites for hydroxylation is 2. The maximum Gasteiger partial charge on any atom is 0.306 e. The number of ether oxygens (including phenoxy) is 1. The Morgan fingerprint density at radius 2 is 1.96 bits per heavy atom. The van der Waals surface area contributed by atoms with E-state index in [0.717, 1.165) is 17.0 Å². The average Bonchev–Trinajstić information content (AvgIpc) is 2.60. The number of carbonyl (C=O) groups excluding carboxylic acids is 1. The summed E-state index contributed by atoms with van der Waals surface area (Å²) in [6.45, 7) is 5.51. The number of hydrogen-bond acceptors (Lipinski definition) is 7. The van der Waals surface area contributed by atoms with Gasteiger partial charge in [-0.05, 0) is 44.6 Å². The van der Waals surface area contributed by atoms with E-state index in [0.29, 0.717) is 17.1 Å². The van der Waals surface area contributed by atoms with Crippen molar-refractivity contribution in [2.45, 2.75) is 44.9 Å². The van der Waals surface area contributed by atoms with Crippen LogP contribution in [0.4, 0.5) is 5.69 Å². The molecule has 1 aromatic heterocycles. The predicted octanol–water partition coefficient (Wildman–Crippen LogP) is 3.96. The quantitative estimate of drug-likeness (QED) is 0.238. The first-order valence-corrected chi connectivity index (χ1v) is 9.36. The molecule has 0 aliphatic carbocycles. The van der Waals surface area contributed by atoms with Gasteiger partial charge in [-0.15, -0.1) is 0 Å². The van der Waals surface area contributed by atoms with Gasteiger partial charge in [-0.3, -0.25) is 14.9 Å². The van der Waals surface area contributed by atoms with Gasteiger partial charge in [-0.2, -0.15) is 0 Å². The number of aromatic nitrogens is 2. The number of non-ortho nitro benzene ring substituents is 1. The van der Waals surface area contributed by atoms with E-state index in [2.05, 4.69) is 9.97 Å². The van der Waals surface area contributed by atoms with Crippen molar-refractivity contribution in [1.82, 2.24) is 9.97 Å². The molecule has 1 aromatic carbocycles. The molecule has 138 valence electrons. The number of nitro groups is 1. The highest BCUT2D eigenvalue weighted by Crippen LogP contribution is 2.23. The zero-order chi connectivity index (χ0) is 19.3. The number of carbonyl (C=O) groups is 1. The summed E-state index contributed by atoms with van der Waals surface area (Å²) in [6.07, 6.45) is 2.05. The molecule has 0 saturated heterocycles. The third kappa shape index (κ3) is 5.01. The fourth-order valence-corrected chi connectivity index (χ4v) is 3.06. The third-order valence-electron chi connectivity index (χ3n) is 4.02. The Hall–Kier alpha value is -2.48. The maximum absolute atomic E-state index is 12.2. The van der Waals surface area contributed by atoms with Crippen LogP contribution in [0, 0.1) is 24.0 Å². The van der Waals surface area contributed by atoms with Crippen LogP contribution < -0.4 is 0 Å². The smallest absolute Gasteiger partial charge is 0.306 e. The molecule has 0 amide bonds. The number of benzene rings is 1. The molecule has 0 unspecified atom stereocenters. The molecule has 0 spiro atoms. The van der Waals surface area contributed by atoms with Crippen LogP contribution in [-0.4, -0.2) is 27.1 Å². The summed E-state index contributed by atoms with van der Waals surface area (Å²) in [5.41, 5.74) is 3.24. The van der Waals surface area contributed by atoms with E-state index in [9.17, 15) is 14.9 Å². The van der Waals surface area contributed by atoms with Crippen LogP contribution in [0.3, 0.4) is 0 Å². The molecule has 1 heterocycles. The van der Waals surface area contributed by atoms with Gasteiger partial charge in [0.2, 0.25) is 0 Å². The molecule has 7 nitrogen and oxygen atoms in total. The second-order valence-electron chi connectivity index (χ2n) is 5.84. The summed E-state index contributed by atoms with van der Waals surface area (Å²) in [7, 11) is 0. The van der Waals surface area contributed by atoms with Crippen molar-refractivity contribution in [3.8, 4) is 0 Å². The molecular weight excluding hydrogens is 354 g/mol. The molecule has 0 aliphatic rings. The monoisotopic (exact) mass is 375 g/mol. The number of nitrogens with zero attached hydrogens (tertiary/aromatic N) is 3. The minimum atomic E-state index is -0.556. The fourth-order valence-electron chi connectivity index (χ4n) is 2.60. The second kappa shape index (κ2) is 8.75. The van der Waals surface area contributed by atoms with E-state index >= 15 is 0 Å². The number of thioether (sulfide) groups is 1. The molecular formula is C18H21N3O4S. The average molecular weight is 375 g/mol. The Labute approximate surface area is 156 Å². The van der Waals surface area contributed by atoms with Crippen LogP contribution in [0.25, 0.3) is 0 Å². The molecule has 0 aliphatic heterocycles. The van der Waals surface area contributed by atoms with Crippen molar-refractivity contribution < 1.29 is 14.5 Å². The first kappa shape index (κ1) is 19.8. The topological polar surface area (TPSA) is 95.2 Å². The minimum Gasteiger partial charge on any atom is -0.458 e. The first-order valence-electron chi connectivity index (χ1n) is 8.13. The van der Waals surface area contributed by atoms with E-state index in [1.807, 2.05) is 20.1 Å². The number of nitro benzene ring substituents is 1. The van der Waals surface area contributed by atoms with Crippen LogP contribution in [0.2, 0.25) is 0 Å². The standard InChI is InChI=1S/C18H21N3O4S/c1-11-16(12(2)20-18(19-11)26-4)8-9-17(22)25-13(3)14-6-5-7-15(10-14)21(23)24/h5-7,10,13H,8-9H2,1-4H3/t13-/m0/s1. The van der Waals surface area contributed by atoms with Crippen LogP contribution in [0.15, 0.2) is 29.4 Å². The summed E-state index contributed by atoms with van der Waals surface area (Å²) in [6, 6.07) is 6.10. The molecule has 2 aromatic rings. The maximum atomic E-state index is 12.2. The van der Waals surface area contributed by atoms with Crippen LogP contribution in [0.1, 0.15) is 42.0 Å². The van der Waals surface area contributed by atoms with Crippen LogP contribution in [-0.2, 0) is 16.0 Å². The largest absolute Gasteiger partial charge is 0.458 e. The predicted molar refractivity (Wildman–Crippen MR) is 99.2 cm³/mol. The number of esters is 1. The first-order chi connectivity index (χ1) is 12.3. The number of hydrogen-bond donors (Lipinski definition) is 0. The summed E-state index contributed by atoms with van der Waals surface area (Å²) in [5.74, 6) is -0.364. The second-order valence-corrected chi connectivity index (χ2v) is 6.62. The SMILES string of the molecule is CSc1nc(C)c(CCC(=O)O[C@@H](C)c2cccc([N+](=O)[O-])c2)c(C)n1. The van der Waals surface area contributed by atoms with Gasteiger partial charge in [0.05, 0.1) is 4.92 Å². The molecule has 0 N–H and O–H groups in total. The van der Waals surface area contributed by atoms with Gasteiger partial charge in [0.15, 0.2) is 5.16 Å². The third-order valence-corrected chi connectivity index (χ3v) is 4.57. The Balaban J connectivity index is 1.99. The summed E-state index contributed by atoms with van der Waals surface area (Å²) >= 11 is 1.48. The lowest BCUT2D eigenvalue weighted by atomic mass is 10.1. The molecule has 0 radical (unpaired) electrons. The molecule has 26 heavy (non-hydrogen) atoms. The highest BCUT2D eigenvalue weighted by molar-refractivity contribution is 7.98. The highest BCUT2D eigenvalue weighted by atomic mass is 32.2. The van der Waals surface area contributed by atoms with E-state index in [1.165, 1.54) is 23.9 Å². The van der Waals surface area contributed by atoms with Gasteiger partial charge in [-0.25, -0.2) is 9.97 Å². The van der Waals surface area contributed by atoms with Crippen molar-refractivity contribution in [2.75, 3.05) is 6.26 Å². The lowest BCUT2D eigenvalue weighted by Crippen LogP contribution is -2.11. The van der Waals surface area contributed by atoms with E-state index in [-0.39, 0.29) is 18.1 Å². The van der Waals surface area contributed by atoms with Gasteiger partial charge in [0, 0.05) is 29.9 Å². The lowest BCUT2D eigenvalue weighted by molar-refractivity contribution is -0.385. The van der Waals surface area contributed by atoms with Crippen molar-refractivity contribution in [3.05, 3.63) is 56.9 Å². The Kier molecular flexibility index (Phi) is 6.68. The lowest BCUT2D eigenvalue weighted by Gasteiger charge is -2.14. The van der Waals surface area contributed by atoms with E-state index in [4.69, 9.17) is 4.74 Å². The minimum absolute atomic E-state index is 0.0253. The van der Waals surface area contributed by atoms with Gasteiger partial charge in [0.25, 0.3) is 5.69 Å². The van der Waals surface area contributed by atoms with Crippen molar-refractivity contribution >= 4 is 23.4 Å². The van der Waals surface area contributed by atoms with Crippen molar-refractivity contribution in [1.29, 1.82) is 0 Å². The Morgan fingerprint density at radius 3 is 2.54 bits per heavy atom. The van der Waals surface area contributed by atoms with Gasteiger partial charge in [0.1, 0.15) is 6.10 Å². The van der Waals surface area contributed by atoms with Gasteiger partial charge < -0.3 is 4.74 Å². The molecule has 0 fully saturated rings. The van der Waals surface area contributed by atoms with Gasteiger partial charge >= 0.3 is 5.97 Å². The fraction of sp³-hybridized carbons (Fsp3) is 0.389. The van der Waals surface area contributed by atoms with Crippen molar-refractivity contribution in [3.63, 3.8) is 0 Å². The summed E-state index contributed by atoms with van der Waals surface area (Å²) in [5, 5.41) is 11.6. The normalized spacial score (nSPS) is 11.8. The summed E-state index contributed by atoms with van der Waals surface area (Å²) < 4.78 is 5.41. The Morgan fingerprint density at radius 1 is 1.31 bits per heavy atom. The molecule has 1 atom stereocenters. The zero-order valence-corrected chi connectivity index (χ0v) is 16.0.